The number of aromatic nitrogens is 1. The second-order valence-electron chi connectivity index (χ2n) is 19.1. The summed E-state index contributed by atoms with van der Waals surface area (Å²) in [4.78, 5) is 128. The molecule has 1 aromatic carbocycles. The normalized spacial score (nSPS) is 14.7. The van der Waals surface area contributed by atoms with E-state index in [4.69, 9.17) is 42.7 Å². The molecule has 0 saturated carbocycles. The first-order chi connectivity index (χ1) is 41.0. The molecule has 1 saturated heterocycles. The van der Waals surface area contributed by atoms with E-state index in [0.717, 1.165) is 0 Å². The quantitative estimate of drug-likeness (QED) is 0.0106. The van der Waals surface area contributed by atoms with Crippen molar-refractivity contribution in [2.75, 3.05) is 91.2 Å². The van der Waals surface area contributed by atoms with Gasteiger partial charge in [0.25, 0.3) is 11.5 Å². The minimum atomic E-state index is -0.999. The van der Waals surface area contributed by atoms with E-state index in [1.807, 2.05) is 36.4 Å². The van der Waals surface area contributed by atoms with Crippen LogP contribution in [0.2, 0.25) is 0 Å². The van der Waals surface area contributed by atoms with Crippen molar-refractivity contribution in [1.82, 2.24) is 25.6 Å². The van der Waals surface area contributed by atoms with Gasteiger partial charge in [-0.15, -0.1) is 11.8 Å². The SMILES string of the molecule is CCC(=O)CCOCCN1C(=O)CC(SCCNC(=O)CCCC(=O)OCC(OC)OC(CC)CO)C1=O.CCC(CO)OC(COC(=O)CCCC(=O)N[C@@H](C)C(=O)OCCONC(=O)c1cc(C)c(=O)n(C)c1Nc1ccc(I)cc1F)OC. The van der Waals surface area contributed by atoms with Crippen LogP contribution in [0.15, 0.2) is 29.1 Å². The lowest BCUT2D eigenvalue weighted by atomic mass is 10.1. The van der Waals surface area contributed by atoms with E-state index in [2.05, 4.69) is 21.4 Å². The van der Waals surface area contributed by atoms with Crippen molar-refractivity contribution in [3.63, 3.8) is 0 Å². The van der Waals surface area contributed by atoms with Gasteiger partial charge < -0.3 is 64.1 Å². The third kappa shape index (κ3) is 29.3. The molecule has 5 amide bonds. The topological polar surface area (TPSA) is 351 Å². The van der Waals surface area contributed by atoms with Crippen molar-refractivity contribution < 1.29 is 100 Å². The molecule has 5 unspecified atom stereocenters. The molecule has 0 radical (unpaired) electrons. The van der Waals surface area contributed by atoms with E-state index in [9.17, 15) is 62.5 Å². The zero-order valence-corrected chi connectivity index (χ0v) is 53.0. The Morgan fingerprint density at radius 3 is 1.97 bits per heavy atom. The fourth-order valence-corrected chi connectivity index (χ4v) is 8.94. The van der Waals surface area contributed by atoms with Crippen molar-refractivity contribution in [1.29, 1.82) is 0 Å². The lowest BCUT2D eigenvalue weighted by molar-refractivity contribution is -0.194. The number of nitrogens with one attached hydrogen (secondary N) is 4. The number of hydroxylamine groups is 1. The van der Waals surface area contributed by atoms with E-state index < -0.39 is 71.6 Å². The van der Waals surface area contributed by atoms with Crippen LogP contribution in [-0.2, 0) is 88.1 Å². The zero-order valence-electron chi connectivity index (χ0n) is 50.0. The number of hydrogen-bond donors (Lipinski definition) is 6. The van der Waals surface area contributed by atoms with Crippen LogP contribution in [0.4, 0.5) is 15.9 Å². The number of likely N-dealkylation sites (tertiary alicyclic amines) is 1. The van der Waals surface area contributed by atoms with Crippen LogP contribution >= 0.6 is 34.4 Å². The van der Waals surface area contributed by atoms with Crippen LogP contribution in [0.25, 0.3) is 0 Å². The molecule has 1 aliphatic heterocycles. The molecular weight excluding hydrogens is 1270 g/mol. The van der Waals surface area contributed by atoms with Gasteiger partial charge in [-0.2, -0.15) is 0 Å². The molecule has 27 nitrogen and oxygen atoms in total. The molecule has 0 spiro atoms. The van der Waals surface area contributed by atoms with Gasteiger partial charge in [-0.3, -0.25) is 57.5 Å². The number of nitrogens with zero attached hydrogens (tertiary/aromatic N) is 2. The number of anilines is 2. The number of imide groups is 1. The average molecular weight is 1360 g/mol. The molecule has 484 valence electrons. The number of aliphatic hydroxyl groups is 2. The summed E-state index contributed by atoms with van der Waals surface area (Å²) in [6.45, 7) is 8.23. The monoisotopic (exact) mass is 1350 g/mol. The number of halogens is 2. The predicted octanol–water partition coefficient (Wildman–Crippen LogP) is 3.19. The van der Waals surface area contributed by atoms with Crippen molar-refractivity contribution in [2.24, 2.45) is 7.05 Å². The second kappa shape index (κ2) is 43.0. The molecule has 1 aliphatic rings. The minimum absolute atomic E-state index is 0.00508. The van der Waals surface area contributed by atoms with Crippen LogP contribution in [0.3, 0.4) is 0 Å². The molecule has 6 atom stereocenters. The number of rotatable bonds is 42. The molecule has 30 heteroatoms. The number of carbonyl (C=O) groups excluding carboxylic acids is 9. The van der Waals surface area contributed by atoms with Crippen LogP contribution in [-0.4, -0.2) is 195 Å². The maximum Gasteiger partial charge on any atom is 0.328 e. The standard InChI is InChI=1S/C31H42FIN4O11.C25H42N2O10S/c1-6-21(16-38)48-27(44-5)17-46-26(40)9-7-8-25(39)34-19(3)31(43)45-12-13-47-36-29(41)22-14-18(2)30(42)37(4)28(22)35-24-11-10-20(33)15-23(24)32;1-4-18(29)9-12-35-13-11-27-22(31)15-20(25(27)33)38-14-10-26-21(30)7-6-8-23(32)36-17-24(34-3)37-19(5-2)16-28/h10-11,14-15,19,21,27,35,38H,6-9,12-13,16-17H2,1-5H3,(H,34,39)(H,36,41);19-20,24,28H,4-17H2,1-3H3,(H,26,30)/t19-,21?,27?;/m0./s1. The van der Waals surface area contributed by atoms with Gasteiger partial charge in [-0.1, -0.05) is 20.8 Å². The number of aryl methyl sites for hydroxylation is 1. The Kier molecular flexibility index (Phi) is 38.2. The summed E-state index contributed by atoms with van der Waals surface area (Å²) in [6, 6.07) is 4.78. The Hall–Kier alpha value is -5.71. The number of esters is 3. The largest absolute Gasteiger partial charge is 0.462 e. The number of carbonyl (C=O) groups is 9. The van der Waals surface area contributed by atoms with Gasteiger partial charge in [0, 0.05) is 87.6 Å². The molecule has 86 heavy (non-hydrogen) atoms. The van der Waals surface area contributed by atoms with Crippen molar-refractivity contribution in [3.05, 3.63) is 55.1 Å². The van der Waals surface area contributed by atoms with Gasteiger partial charge in [0.2, 0.25) is 23.6 Å². The number of thioether (sulfide) groups is 1. The molecule has 2 heterocycles. The van der Waals surface area contributed by atoms with Crippen LogP contribution in [0, 0.1) is 16.3 Å². The van der Waals surface area contributed by atoms with Gasteiger partial charge in [-0.25, -0.2) is 14.7 Å². The third-order valence-corrected chi connectivity index (χ3v) is 14.4. The molecular formula is C56H84FIN6O21S. The smallest absolute Gasteiger partial charge is 0.328 e. The predicted molar refractivity (Wildman–Crippen MR) is 318 cm³/mol. The Morgan fingerprint density at radius 2 is 1.41 bits per heavy atom. The second-order valence-corrected chi connectivity index (χ2v) is 21.6. The number of pyridine rings is 1. The minimum Gasteiger partial charge on any atom is -0.462 e. The van der Waals surface area contributed by atoms with E-state index in [-0.39, 0.29) is 150 Å². The molecule has 1 aromatic heterocycles. The number of Topliss-reactive ketones (excluding diaryl/α,β-unsaturated/α-hetero) is 1. The maximum absolute atomic E-state index is 14.5. The van der Waals surface area contributed by atoms with E-state index >= 15 is 0 Å². The number of ketones is 1. The molecule has 6 N–H and O–H groups in total. The highest BCUT2D eigenvalue weighted by Crippen LogP contribution is 2.26. The van der Waals surface area contributed by atoms with Crippen LogP contribution in [0.5, 0.6) is 0 Å². The summed E-state index contributed by atoms with van der Waals surface area (Å²) in [7, 11) is 4.23. The first-order valence-electron chi connectivity index (χ1n) is 28.1. The lowest BCUT2D eigenvalue weighted by Gasteiger charge is -2.21. The summed E-state index contributed by atoms with van der Waals surface area (Å²) in [6.07, 6.45) is 0.146. The average Bonchev–Trinajstić information content (AvgIpc) is 1.26. The van der Waals surface area contributed by atoms with Crippen molar-refractivity contribution >= 4 is 99.1 Å². The Labute approximate surface area is 517 Å². The molecule has 1 fully saturated rings. The van der Waals surface area contributed by atoms with Crippen molar-refractivity contribution in [3.8, 4) is 0 Å². The first-order valence-corrected chi connectivity index (χ1v) is 30.2. The highest BCUT2D eigenvalue weighted by Gasteiger charge is 2.38. The fraction of sp³-hybridized carbons (Fsp3) is 0.643. The van der Waals surface area contributed by atoms with Gasteiger partial charge in [0.05, 0.1) is 61.7 Å². The third-order valence-electron chi connectivity index (χ3n) is 12.5. The lowest BCUT2D eigenvalue weighted by Crippen LogP contribution is -2.40. The molecule has 3 rings (SSSR count). The summed E-state index contributed by atoms with van der Waals surface area (Å²) in [5.41, 5.74) is 2.15. The van der Waals surface area contributed by atoms with Gasteiger partial charge in [-0.05, 0) is 86.4 Å². The number of benzene rings is 1. The van der Waals surface area contributed by atoms with Crippen LogP contribution < -0.4 is 27.0 Å². The van der Waals surface area contributed by atoms with E-state index in [1.54, 1.807) is 13.0 Å². The summed E-state index contributed by atoms with van der Waals surface area (Å²) >= 11 is 3.27. The number of methoxy groups -OCH3 is 2. The Bertz CT molecular complexity index is 2560. The van der Waals surface area contributed by atoms with E-state index in [0.29, 0.717) is 48.0 Å². The van der Waals surface area contributed by atoms with E-state index in [1.165, 1.54) is 74.5 Å². The highest BCUT2D eigenvalue weighted by molar-refractivity contribution is 14.1. The summed E-state index contributed by atoms with van der Waals surface area (Å²) in [5.74, 6) is -3.73. The Morgan fingerprint density at radius 1 is 0.802 bits per heavy atom. The number of amides is 5. The Balaban J connectivity index is 0.000000604. The molecule has 0 bridgehead atoms. The fourth-order valence-electron chi connectivity index (χ4n) is 7.45. The van der Waals surface area contributed by atoms with Gasteiger partial charge in [0.15, 0.2) is 12.6 Å². The molecule has 2 aromatic rings. The van der Waals surface area contributed by atoms with Gasteiger partial charge >= 0.3 is 17.9 Å². The first kappa shape index (κ1) is 76.4. The highest BCUT2D eigenvalue weighted by atomic mass is 127. The summed E-state index contributed by atoms with van der Waals surface area (Å²) in [5, 5.41) is 25.9. The van der Waals surface area contributed by atoms with Gasteiger partial charge in [0.1, 0.15) is 49.9 Å². The zero-order chi connectivity index (χ0) is 64.1. The maximum atomic E-state index is 14.5. The number of ether oxygens (including phenoxy) is 8. The number of aliphatic hydroxyl groups excluding tert-OH is 2. The molecule has 0 aliphatic carbocycles. The van der Waals surface area contributed by atoms with Crippen LogP contribution in [0.1, 0.15) is 114 Å². The van der Waals surface area contributed by atoms with Crippen molar-refractivity contribution in [2.45, 2.75) is 141 Å². The summed E-state index contributed by atoms with van der Waals surface area (Å²) < 4.78 is 58.1. The number of hydrogen-bond acceptors (Lipinski definition) is 23.